The highest BCUT2D eigenvalue weighted by Crippen LogP contribution is 2.42. The van der Waals surface area contributed by atoms with Crippen LogP contribution in [0, 0.1) is 11.8 Å². The summed E-state index contributed by atoms with van der Waals surface area (Å²) in [5.41, 5.74) is 7.95. The van der Waals surface area contributed by atoms with Gasteiger partial charge in [-0.15, -0.1) is 0 Å². The Morgan fingerprint density at radius 2 is 2.03 bits per heavy atom. The van der Waals surface area contributed by atoms with Gasteiger partial charge in [0.1, 0.15) is 23.7 Å². The van der Waals surface area contributed by atoms with Crippen LogP contribution in [0.15, 0.2) is 47.1 Å². The van der Waals surface area contributed by atoms with E-state index in [2.05, 4.69) is 0 Å². The Kier molecular flexibility index (Phi) is 6.41. The summed E-state index contributed by atoms with van der Waals surface area (Å²) in [7, 11) is 3.01. The molecule has 2 atom stereocenters. The fourth-order valence-corrected chi connectivity index (χ4v) is 3.86. The highest BCUT2D eigenvalue weighted by Gasteiger charge is 2.34. The van der Waals surface area contributed by atoms with Crippen molar-refractivity contribution in [2.24, 2.45) is 17.6 Å². The number of benzene rings is 1. The van der Waals surface area contributed by atoms with Gasteiger partial charge in [-0.1, -0.05) is 20.8 Å². The van der Waals surface area contributed by atoms with E-state index in [1.165, 1.54) is 13.3 Å². The molecule has 0 aromatic heterocycles. The second-order valence-electron chi connectivity index (χ2n) is 7.84. The Balaban J connectivity index is 2.15. The number of allylic oxidation sites excluding steroid dienone is 1. The molecule has 7 nitrogen and oxygen atoms in total. The zero-order valence-electron chi connectivity index (χ0n) is 18.0. The second-order valence-corrected chi connectivity index (χ2v) is 7.84. The molecule has 0 saturated carbocycles. The molecule has 1 aromatic carbocycles. The molecule has 0 fully saturated rings. The smallest absolute Gasteiger partial charge is 0.346 e. The number of fused-ring (bicyclic) bond motifs is 1. The molecule has 1 aliphatic carbocycles. The van der Waals surface area contributed by atoms with Crippen molar-refractivity contribution in [1.29, 1.82) is 0 Å². The summed E-state index contributed by atoms with van der Waals surface area (Å²) in [6.45, 7) is 5.98. The number of aliphatic hydroxyl groups is 1. The molecule has 7 heteroatoms. The number of rotatable bonds is 5. The van der Waals surface area contributed by atoms with Gasteiger partial charge in [-0.3, -0.25) is 0 Å². The predicted octanol–water partition coefficient (Wildman–Crippen LogP) is 3.60. The third kappa shape index (κ3) is 3.89. The fraction of sp³-hybridized carbons (Fsp3) is 0.435. The molecule has 30 heavy (non-hydrogen) atoms. The Bertz CT molecular complexity index is 928. The number of esters is 1. The van der Waals surface area contributed by atoms with E-state index >= 15 is 0 Å². The lowest BCUT2D eigenvalue weighted by Gasteiger charge is -2.29. The first-order valence-corrected chi connectivity index (χ1v) is 9.97. The third-order valence-corrected chi connectivity index (χ3v) is 5.31. The van der Waals surface area contributed by atoms with Gasteiger partial charge in [0, 0.05) is 17.1 Å². The van der Waals surface area contributed by atoms with Gasteiger partial charge >= 0.3 is 5.97 Å². The molecule has 3 rings (SSSR count). The van der Waals surface area contributed by atoms with E-state index in [9.17, 15) is 9.90 Å². The Labute approximate surface area is 176 Å². The monoisotopic (exact) mass is 415 g/mol. The second kappa shape index (κ2) is 8.83. The van der Waals surface area contributed by atoms with Crippen LogP contribution < -0.4 is 15.2 Å². The van der Waals surface area contributed by atoms with Crippen molar-refractivity contribution >= 4 is 5.97 Å². The van der Waals surface area contributed by atoms with Gasteiger partial charge in [0.2, 0.25) is 0 Å². The van der Waals surface area contributed by atoms with Gasteiger partial charge in [0.25, 0.3) is 0 Å². The number of cyclic esters (lactones) is 1. The van der Waals surface area contributed by atoms with Crippen molar-refractivity contribution in [2.45, 2.75) is 33.3 Å². The van der Waals surface area contributed by atoms with Gasteiger partial charge in [-0.2, -0.15) is 0 Å². The first kappa shape index (κ1) is 21.8. The van der Waals surface area contributed by atoms with Crippen LogP contribution in [0.1, 0.15) is 49.2 Å². The molecule has 2 unspecified atom stereocenters. The molecule has 0 spiro atoms. The van der Waals surface area contributed by atoms with Crippen molar-refractivity contribution in [3.8, 4) is 11.5 Å². The minimum Gasteiger partial charge on any atom is -0.495 e. The van der Waals surface area contributed by atoms with Gasteiger partial charge in [0.15, 0.2) is 11.5 Å². The standard InChI is InChI=1S/C23H29NO6/c1-12(2)8-17(25)14-6-7-18-20(22(14)28-5)23(26)29-11-16-15(10-24)13(3)9-19(27-4)21(16)30-18/h6-7,9-10,12-13,17,25H,8,11,24H2,1-5H3. The quantitative estimate of drug-likeness (QED) is 0.709. The molecular formula is C23H29NO6. The number of carbonyl (C=O) groups excluding carboxylic acids is 1. The van der Waals surface area contributed by atoms with Crippen LogP contribution in [-0.2, 0) is 9.47 Å². The van der Waals surface area contributed by atoms with E-state index < -0.39 is 12.1 Å². The van der Waals surface area contributed by atoms with Crippen molar-refractivity contribution in [2.75, 3.05) is 20.8 Å². The lowest BCUT2D eigenvalue weighted by atomic mass is 9.88. The number of ether oxygens (including phenoxy) is 4. The third-order valence-electron chi connectivity index (χ3n) is 5.31. The van der Waals surface area contributed by atoms with Crippen LogP contribution >= 0.6 is 0 Å². The summed E-state index contributed by atoms with van der Waals surface area (Å²) < 4.78 is 22.8. The first-order chi connectivity index (χ1) is 14.3. The Morgan fingerprint density at radius 1 is 1.30 bits per heavy atom. The zero-order valence-corrected chi connectivity index (χ0v) is 18.0. The van der Waals surface area contributed by atoms with Crippen molar-refractivity contribution in [3.05, 3.63) is 58.2 Å². The Hall–Kier alpha value is -2.93. The maximum absolute atomic E-state index is 13.0. The molecule has 1 aliphatic heterocycles. The summed E-state index contributed by atoms with van der Waals surface area (Å²) in [4.78, 5) is 13.0. The molecule has 0 bridgehead atoms. The molecule has 2 aliphatic rings. The Morgan fingerprint density at radius 3 is 2.63 bits per heavy atom. The van der Waals surface area contributed by atoms with Crippen LogP contribution in [0.5, 0.6) is 11.5 Å². The fourth-order valence-electron chi connectivity index (χ4n) is 3.86. The molecule has 0 amide bonds. The van der Waals surface area contributed by atoms with Crippen molar-refractivity contribution in [1.82, 2.24) is 0 Å². The van der Waals surface area contributed by atoms with Crippen molar-refractivity contribution in [3.63, 3.8) is 0 Å². The average molecular weight is 415 g/mol. The van der Waals surface area contributed by atoms with E-state index in [0.29, 0.717) is 29.1 Å². The van der Waals surface area contributed by atoms with Crippen LogP contribution in [0.25, 0.3) is 0 Å². The SMILES string of the molecule is COC1=CC(C)C(=CN)C2=C1Oc1ccc(C(O)CC(C)C)c(OC)c1C(=O)OC2. The summed E-state index contributed by atoms with van der Waals surface area (Å²) in [5.74, 6) is 1.14. The molecule has 162 valence electrons. The molecule has 0 radical (unpaired) electrons. The lowest BCUT2D eigenvalue weighted by Crippen LogP contribution is -2.24. The molecule has 1 heterocycles. The maximum atomic E-state index is 13.0. The van der Waals surface area contributed by atoms with Crippen LogP contribution in [0.2, 0.25) is 0 Å². The average Bonchev–Trinajstić information content (AvgIpc) is 2.70. The topological polar surface area (TPSA) is 100 Å². The van der Waals surface area contributed by atoms with Gasteiger partial charge in [-0.05, 0) is 42.3 Å². The summed E-state index contributed by atoms with van der Waals surface area (Å²) in [6.07, 6.45) is 3.14. The minimum atomic E-state index is -0.782. The van der Waals surface area contributed by atoms with Crippen molar-refractivity contribution < 1.29 is 28.8 Å². The number of methoxy groups -OCH3 is 2. The molecule has 0 saturated heterocycles. The van der Waals surface area contributed by atoms with Gasteiger partial charge < -0.3 is 29.8 Å². The largest absolute Gasteiger partial charge is 0.495 e. The van der Waals surface area contributed by atoms with Crippen LogP contribution in [0.3, 0.4) is 0 Å². The van der Waals surface area contributed by atoms with E-state index in [-0.39, 0.29) is 35.5 Å². The van der Waals surface area contributed by atoms with Crippen LogP contribution in [0.4, 0.5) is 0 Å². The number of nitrogens with two attached hydrogens (primary N) is 1. The molecule has 1 aromatic rings. The van der Waals surface area contributed by atoms with E-state index in [0.717, 1.165) is 5.57 Å². The number of hydrogen-bond donors (Lipinski definition) is 2. The molecular weight excluding hydrogens is 386 g/mol. The highest BCUT2D eigenvalue weighted by atomic mass is 16.6. The number of aliphatic hydroxyl groups excluding tert-OH is 1. The lowest BCUT2D eigenvalue weighted by molar-refractivity contribution is 0.0519. The zero-order chi connectivity index (χ0) is 22.0. The van der Waals surface area contributed by atoms with E-state index in [1.807, 2.05) is 26.8 Å². The highest BCUT2D eigenvalue weighted by molar-refractivity contribution is 5.96. The number of hydrogen-bond acceptors (Lipinski definition) is 7. The first-order valence-electron chi connectivity index (χ1n) is 9.97. The van der Waals surface area contributed by atoms with E-state index in [1.54, 1.807) is 19.2 Å². The van der Waals surface area contributed by atoms with Gasteiger partial charge in [0.05, 0.1) is 20.3 Å². The summed E-state index contributed by atoms with van der Waals surface area (Å²) in [5, 5.41) is 10.6. The predicted molar refractivity (Wildman–Crippen MR) is 112 cm³/mol. The van der Waals surface area contributed by atoms with Gasteiger partial charge in [-0.25, -0.2) is 4.79 Å². The minimum absolute atomic E-state index is 0.0204. The maximum Gasteiger partial charge on any atom is 0.346 e. The summed E-state index contributed by atoms with van der Waals surface area (Å²) in [6, 6.07) is 3.35. The normalized spacial score (nSPS) is 21.0. The molecule has 3 N–H and O–H groups in total. The van der Waals surface area contributed by atoms with E-state index in [4.69, 9.17) is 24.7 Å². The summed E-state index contributed by atoms with van der Waals surface area (Å²) >= 11 is 0. The van der Waals surface area contributed by atoms with Crippen LogP contribution in [-0.4, -0.2) is 31.9 Å². The number of carbonyl (C=O) groups is 1.